The normalized spacial score (nSPS) is 11.3. The summed E-state index contributed by atoms with van der Waals surface area (Å²) in [7, 11) is 0. The lowest BCUT2D eigenvalue weighted by Gasteiger charge is -2.18. The first-order valence-electron chi connectivity index (χ1n) is 6.46. The van der Waals surface area contributed by atoms with Crippen LogP contribution in [0.15, 0.2) is 48.8 Å². The molecular weight excluding hydrogens is 236 g/mol. The van der Waals surface area contributed by atoms with Crippen LogP contribution in [0.2, 0.25) is 0 Å². The van der Waals surface area contributed by atoms with Crippen LogP contribution < -0.4 is 5.32 Å². The Bertz CT molecular complexity index is 550. The Kier molecular flexibility index (Phi) is 3.74. The maximum atomic E-state index is 11.9. The van der Waals surface area contributed by atoms with Gasteiger partial charge in [-0.25, -0.2) is 0 Å². The second-order valence-corrected chi connectivity index (χ2v) is 5.76. The molecule has 0 radical (unpaired) electrons. The Hall–Kier alpha value is -2.03. The summed E-state index contributed by atoms with van der Waals surface area (Å²) in [6.07, 6.45) is 4.06. The molecule has 3 nitrogen and oxygen atoms in total. The van der Waals surface area contributed by atoms with Gasteiger partial charge in [0.1, 0.15) is 0 Å². The van der Waals surface area contributed by atoms with Gasteiger partial charge in [-0.15, -0.1) is 0 Å². The van der Waals surface area contributed by atoms with Gasteiger partial charge in [-0.1, -0.05) is 32.9 Å². The van der Waals surface area contributed by atoms with E-state index in [1.54, 1.807) is 0 Å². The van der Waals surface area contributed by atoms with Crippen LogP contribution in [0.5, 0.6) is 0 Å². The van der Waals surface area contributed by atoms with Crippen LogP contribution in [0, 0.1) is 5.41 Å². The van der Waals surface area contributed by atoms with Crippen LogP contribution in [0.25, 0.3) is 0 Å². The van der Waals surface area contributed by atoms with E-state index in [1.807, 2.05) is 63.5 Å². The number of amides is 1. The van der Waals surface area contributed by atoms with E-state index >= 15 is 0 Å². The van der Waals surface area contributed by atoms with E-state index in [1.165, 1.54) is 5.56 Å². The Morgan fingerprint density at radius 2 is 1.84 bits per heavy atom. The highest BCUT2D eigenvalue weighted by atomic mass is 16.2. The van der Waals surface area contributed by atoms with Crippen LogP contribution >= 0.6 is 0 Å². The van der Waals surface area contributed by atoms with E-state index in [0.717, 1.165) is 12.2 Å². The summed E-state index contributed by atoms with van der Waals surface area (Å²) in [5.74, 6) is 0.0330. The van der Waals surface area contributed by atoms with Crippen LogP contribution in [0.1, 0.15) is 26.3 Å². The summed E-state index contributed by atoms with van der Waals surface area (Å²) in [5.41, 5.74) is 1.64. The smallest absolute Gasteiger partial charge is 0.229 e. The number of benzene rings is 1. The summed E-state index contributed by atoms with van der Waals surface area (Å²) in [5, 5.41) is 2.95. The molecule has 19 heavy (non-hydrogen) atoms. The number of anilines is 1. The van der Waals surface area contributed by atoms with Gasteiger partial charge in [0, 0.05) is 30.0 Å². The predicted molar refractivity (Wildman–Crippen MR) is 78.1 cm³/mol. The minimum atomic E-state index is -0.379. The third-order valence-corrected chi connectivity index (χ3v) is 2.90. The first-order chi connectivity index (χ1) is 8.95. The average Bonchev–Trinajstić information content (AvgIpc) is 2.81. The van der Waals surface area contributed by atoms with Crippen molar-refractivity contribution in [2.24, 2.45) is 5.41 Å². The molecule has 0 spiro atoms. The number of nitrogens with one attached hydrogen (secondary N) is 1. The molecule has 0 unspecified atom stereocenters. The fourth-order valence-electron chi connectivity index (χ4n) is 1.75. The van der Waals surface area contributed by atoms with Gasteiger partial charge in [0.05, 0.1) is 0 Å². The van der Waals surface area contributed by atoms with E-state index < -0.39 is 0 Å². The zero-order chi connectivity index (χ0) is 13.9. The van der Waals surface area contributed by atoms with Crippen molar-refractivity contribution in [2.45, 2.75) is 27.3 Å². The van der Waals surface area contributed by atoms with Crippen LogP contribution in [-0.4, -0.2) is 10.5 Å². The molecule has 3 heteroatoms. The van der Waals surface area contributed by atoms with Gasteiger partial charge in [-0.3, -0.25) is 4.79 Å². The fourth-order valence-corrected chi connectivity index (χ4v) is 1.75. The fraction of sp³-hybridized carbons (Fsp3) is 0.312. The number of nitrogens with zero attached hydrogens (tertiary/aromatic N) is 1. The van der Waals surface area contributed by atoms with Crippen molar-refractivity contribution in [1.29, 1.82) is 0 Å². The molecule has 2 aromatic rings. The zero-order valence-corrected chi connectivity index (χ0v) is 11.7. The lowest BCUT2D eigenvalue weighted by molar-refractivity contribution is -0.123. The van der Waals surface area contributed by atoms with Crippen LogP contribution in [-0.2, 0) is 11.3 Å². The Morgan fingerprint density at radius 3 is 2.47 bits per heavy atom. The SMILES string of the molecule is CC(C)(C)C(=O)Nc1cccc(Cn2cccc2)c1. The standard InChI is InChI=1S/C16H20N2O/c1-16(2,3)15(19)17-14-8-6-7-13(11-14)12-18-9-4-5-10-18/h4-11H,12H2,1-3H3,(H,17,19). The minimum absolute atomic E-state index is 0.0330. The van der Waals surface area contributed by atoms with E-state index in [9.17, 15) is 4.79 Å². The summed E-state index contributed by atoms with van der Waals surface area (Å²) < 4.78 is 2.10. The van der Waals surface area contributed by atoms with E-state index in [-0.39, 0.29) is 11.3 Å². The highest BCUT2D eigenvalue weighted by molar-refractivity contribution is 5.94. The Balaban J connectivity index is 2.09. The molecule has 0 saturated heterocycles. The lowest BCUT2D eigenvalue weighted by atomic mass is 9.95. The molecule has 1 N–H and O–H groups in total. The van der Waals surface area contributed by atoms with Gasteiger partial charge in [0.2, 0.25) is 5.91 Å². The quantitative estimate of drug-likeness (QED) is 0.895. The average molecular weight is 256 g/mol. The molecule has 0 saturated carbocycles. The third-order valence-electron chi connectivity index (χ3n) is 2.90. The zero-order valence-electron chi connectivity index (χ0n) is 11.7. The van der Waals surface area contributed by atoms with Crippen molar-refractivity contribution in [3.8, 4) is 0 Å². The summed E-state index contributed by atoms with van der Waals surface area (Å²) in [6, 6.07) is 12.0. The molecule has 1 aromatic carbocycles. The van der Waals surface area contributed by atoms with E-state index in [0.29, 0.717) is 0 Å². The van der Waals surface area contributed by atoms with E-state index in [4.69, 9.17) is 0 Å². The van der Waals surface area contributed by atoms with Gasteiger partial charge >= 0.3 is 0 Å². The van der Waals surface area contributed by atoms with Gasteiger partial charge in [-0.2, -0.15) is 0 Å². The summed E-state index contributed by atoms with van der Waals surface area (Å²) >= 11 is 0. The number of carbonyl (C=O) groups is 1. The number of hydrogen-bond donors (Lipinski definition) is 1. The van der Waals surface area contributed by atoms with Crippen molar-refractivity contribution in [1.82, 2.24) is 4.57 Å². The highest BCUT2D eigenvalue weighted by Gasteiger charge is 2.21. The van der Waals surface area contributed by atoms with Crippen molar-refractivity contribution in [3.63, 3.8) is 0 Å². The second-order valence-electron chi connectivity index (χ2n) is 5.76. The van der Waals surface area contributed by atoms with Gasteiger partial charge in [0.25, 0.3) is 0 Å². The highest BCUT2D eigenvalue weighted by Crippen LogP contribution is 2.18. The Morgan fingerprint density at radius 1 is 1.16 bits per heavy atom. The van der Waals surface area contributed by atoms with Gasteiger partial charge in [-0.05, 0) is 29.8 Å². The molecule has 0 aliphatic carbocycles. The predicted octanol–water partition coefficient (Wildman–Crippen LogP) is 3.52. The molecule has 0 aliphatic rings. The number of aromatic nitrogens is 1. The maximum absolute atomic E-state index is 11.9. The molecule has 1 aromatic heterocycles. The molecule has 0 fully saturated rings. The van der Waals surface area contributed by atoms with Crippen molar-refractivity contribution < 1.29 is 4.79 Å². The van der Waals surface area contributed by atoms with Crippen LogP contribution in [0.3, 0.4) is 0 Å². The van der Waals surface area contributed by atoms with Gasteiger partial charge in [0.15, 0.2) is 0 Å². The maximum Gasteiger partial charge on any atom is 0.229 e. The Labute approximate surface area is 114 Å². The number of hydrogen-bond acceptors (Lipinski definition) is 1. The lowest BCUT2D eigenvalue weighted by Crippen LogP contribution is -2.27. The third kappa shape index (κ3) is 3.71. The molecule has 0 bridgehead atoms. The molecule has 0 aliphatic heterocycles. The topological polar surface area (TPSA) is 34.0 Å². The van der Waals surface area contributed by atoms with Crippen molar-refractivity contribution in [3.05, 3.63) is 54.4 Å². The second kappa shape index (κ2) is 5.31. The van der Waals surface area contributed by atoms with Crippen molar-refractivity contribution in [2.75, 3.05) is 5.32 Å². The summed E-state index contributed by atoms with van der Waals surface area (Å²) in [6.45, 7) is 6.54. The molecule has 100 valence electrons. The molecular formula is C16H20N2O. The largest absolute Gasteiger partial charge is 0.350 e. The number of rotatable bonds is 3. The molecule has 0 atom stereocenters. The van der Waals surface area contributed by atoms with Gasteiger partial charge < -0.3 is 9.88 Å². The molecule has 1 heterocycles. The molecule has 1 amide bonds. The summed E-state index contributed by atoms with van der Waals surface area (Å²) in [4.78, 5) is 11.9. The van der Waals surface area contributed by atoms with Crippen molar-refractivity contribution >= 4 is 11.6 Å². The van der Waals surface area contributed by atoms with E-state index in [2.05, 4.69) is 16.0 Å². The first-order valence-corrected chi connectivity index (χ1v) is 6.46. The monoisotopic (exact) mass is 256 g/mol. The minimum Gasteiger partial charge on any atom is -0.350 e. The number of carbonyl (C=O) groups excluding carboxylic acids is 1. The van der Waals surface area contributed by atoms with Crippen LogP contribution in [0.4, 0.5) is 5.69 Å². The first kappa shape index (κ1) is 13.4. The molecule has 2 rings (SSSR count).